The quantitative estimate of drug-likeness (QED) is 0.177. The average molecular weight is 669 g/mol. The summed E-state index contributed by atoms with van der Waals surface area (Å²) in [5, 5.41) is 12.1. The van der Waals surface area contributed by atoms with Crippen LogP contribution in [0.15, 0.2) is 170 Å². The van der Waals surface area contributed by atoms with Gasteiger partial charge in [0.15, 0.2) is 17.5 Å². The number of thiophene rings is 1. The number of hydrogen-bond acceptors (Lipinski definition) is 5. The Hall–Kier alpha value is -6.74. The van der Waals surface area contributed by atoms with Gasteiger partial charge in [-0.15, -0.1) is 11.3 Å². The van der Waals surface area contributed by atoms with E-state index in [9.17, 15) is 5.26 Å². The van der Waals surface area contributed by atoms with Crippen LogP contribution in [0.4, 0.5) is 0 Å². The van der Waals surface area contributed by atoms with Gasteiger partial charge >= 0.3 is 0 Å². The summed E-state index contributed by atoms with van der Waals surface area (Å²) in [6.07, 6.45) is 0. The molecule has 0 N–H and O–H groups in total. The largest absolute Gasteiger partial charge is 0.208 e. The standard InChI is InChI=1S/C46H28N4S/c47-29-30-11-10-18-37(27-30)39-25-24-38(42-40-28-36(31-12-4-1-5-13-31)23-26-41(40)51-43(39)42)32-19-21-35(22-20-32)46-49-44(33-14-6-2-7-15-33)48-45(50-46)34-16-8-3-9-17-34/h1-28H. The Morgan fingerprint density at radius 2 is 0.922 bits per heavy atom. The fourth-order valence-corrected chi connectivity index (χ4v) is 7.90. The maximum absolute atomic E-state index is 9.66. The lowest BCUT2D eigenvalue weighted by molar-refractivity contribution is 1.07. The molecule has 0 radical (unpaired) electrons. The number of nitriles is 1. The van der Waals surface area contributed by atoms with Gasteiger partial charge in [0.2, 0.25) is 0 Å². The number of aromatic nitrogens is 3. The van der Waals surface area contributed by atoms with E-state index in [4.69, 9.17) is 15.0 Å². The summed E-state index contributed by atoms with van der Waals surface area (Å²) in [6, 6.07) is 60.5. The van der Waals surface area contributed by atoms with Gasteiger partial charge in [0.1, 0.15) is 0 Å². The highest BCUT2D eigenvalue weighted by Crippen LogP contribution is 2.46. The topological polar surface area (TPSA) is 62.5 Å². The summed E-state index contributed by atoms with van der Waals surface area (Å²) >= 11 is 1.80. The molecule has 0 aliphatic carbocycles. The molecule has 51 heavy (non-hydrogen) atoms. The van der Waals surface area contributed by atoms with E-state index in [-0.39, 0.29) is 0 Å². The first-order chi connectivity index (χ1) is 25.2. The first kappa shape index (κ1) is 30.3. The van der Waals surface area contributed by atoms with Gasteiger partial charge in [0, 0.05) is 36.9 Å². The van der Waals surface area contributed by atoms with Crippen molar-refractivity contribution in [1.82, 2.24) is 15.0 Å². The van der Waals surface area contributed by atoms with E-state index < -0.39 is 0 Å². The van der Waals surface area contributed by atoms with E-state index in [1.165, 1.54) is 31.3 Å². The van der Waals surface area contributed by atoms with Crippen molar-refractivity contribution in [3.8, 4) is 73.6 Å². The number of rotatable bonds is 6. The molecule has 0 fully saturated rings. The second kappa shape index (κ2) is 12.9. The molecule has 5 heteroatoms. The zero-order chi connectivity index (χ0) is 34.1. The molecular formula is C46H28N4S. The van der Waals surface area contributed by atoms with Crippen LogP contribution < -0.4 is 0 Å². The molecule has 0 aliphatic heterocycles. The van der Waals surface area contributed by atoms with Crippen molar-refractivity contribution in [2.24, 2.45) is 0 Å². The summed E-state index contributed by atoms with van der Waals surface area (Å²) in [5.41, 5.74) is 10.2. The van der Waals surface area contributed by atoms with E-state index in [2.05, 4.69) is 91.0 Å². The fraction of sp³-hybridized carbons (Fsp3) is 0. The zero-order valence-electron chi connectivity index (χ0n) is 27.4. The maximum Gasteiger partial charge on any atom is 0.164 e. The highest BCUT2D eigenvalue weighted by Gasteiger charge is 2.18. The molecule has 0 amide bonds. The van der Waals surface area contributed by atoms with Gasteiger partial charge in [-0.3, -0.25) is 0 Å². The summed E-state index contributed by atoms with van der Waals surface area (Å²) in [7, 11) is 0. The molecule has 9 aromatic rings. The van der Waals surface area contributed by atoms with Crippen LogP contribution >= 0.6 is 11.3 Å². The minimum atomic E-state index is 0.626. The van der Waals surface area contributed by atoms with Crippen LogP contribution in [0.5, 0.6) is 0 Å². The predicted octanol–water partition coefficient (Wildman–Crippen LogP) is 12.1. The first-order valence-electron chi connectivity index (χ1n) is 16.7. The molecule has 0 unspecified atom stereocenters. The number of nitrogens with zero attached hydrogens (tertiary/aromatic N) is 4. The van der Waals surface area contributed by atoms with Gasteiger partial charge in [0.25, 0.3) is 0 Å². The number of hydrogen-bond donors (Lipinski definition) is 0. The lowest BCUT2D eigenvalue weighted by Crippen LogP contribution is -2.00. The van der Waals surface area contributed by atoms with Crippen LogP contribution in [0, 0.1) is 11.3 Å². The van der Waals surface area contributed by atoms with Gasteiger partial charge in [-0.2, -0.15) is 5.26 Å². The smallest absolute Gasteiger partial charge is 0.164 e. The Bertz CT molecular complexity index is 2670. The number of fused-ring (bicyclic) bond motifs is 3. The van der Waals surface area contributed by atoms with E-state index >= 15 is 0 Å². The molecule has 9 rings (SSSR count). The minimum Gasteiger partial charge on any atom is -0.208 e. The van der Waals surface area contributed by atoms with Crippen molar-refractivity contribution < 1.29 is 0 Å². The molecule has 0 bridgehead atoms. The van der Waals surface area contributed by atoms with Crippen molar-refractivity contribution in [1.29, 1.82) is 5.26 Å². The molecule has 0 saturated heterocycles. The van der Waals surface area contributed by atoms with Gasteiger partial charge < -0.3 is 0 Å². The maximum atomic E-state index is 9.66. The molecule has 2 heterocycles. The van der Waals surface area contributed by atoms with Crippen molar-refractivity contribution in [2.45, 2.75) is 0 Å². The van der Waals surface area contributed by atoms with Crippen molar-refractivity contribution in [3.63, 3.8) is 0 Å². The van der Waals surface area contributed by atoms with Crippen LogP contribution in [-0.4, -0.2) is 15.0 Å². The highest BCUT2D eigenvalue weighted by molar-refractivity contribution is 7.26. The zero-order valence-corrected chi connectivity index (χ0v) is 28.2. The SMILES string of the molecule is N#Cc1cccc(-c2ccc(-c3ccc(-c4nc(-c5ccccc5)nc(-c5ccccc5)n4)cc3)c3c2sc2ccc(-c4ccccc4)cc23)c1. The van der Waals surface area contributed by atoms with Gasteiger partial charge in [-0.25, -0.2) is 15.0 Å². The molecule has 7 aromatic carbocycles. The number of benzene rings is 7. The molecule has 0 saturated carbocycles. The van der Waals surface area contributed by atoms with Crippen LogP contribution in [0.25, 0.3) is 87.7 Å². The Morgan fingerprint density at radius 3 is 1.53 bits per heavy atom. The van der Waals surface area contributed by atoms with Gasteiger partial charge in [0.05, 0.1) is 11.6 Å². The van der Waals surface area contributed by atoms with Crippen molar-refractivity contribution >= 4 is 31.5 Å². The van der Waals surface area contributed by atoms with Crippen LogP contribution in [0.1, 0.15) is 5.56 Å². The summed E-state index contributed by atoms with van der Waals surface area (Å²) in [4.78, 5) is 14.7. The van der Waals surface area contributed by atoms with Gasteiger partial charge in [-0.05, 0) is 57.6 Å². The molecule has 0 spiro atoms. The molecule has 0 aliphatic rings. The van der Waals surface area contributed by atoms with Crippen molar-refractivity contribution in [2.75, 3.05) is 0 Å². The Balaban J connectivity index is 1.20. The minimum absolute atomic E-state index is 0.626. The third-order valence-corrected chi connectivity index (χ3v) is 10.4. The average Bonchev–Trinajstić information content (AvgIpc) is 3.60. The van der Waals surface area contributed by atoms with Crippen LogP contribution in [-0.2, 0) is 0 Å². The Kier molecular flexibility index (Phi) is 7.70. The Labute approximate surface area is 299 Å². The third kappa shape index (κ3) is 5.74. The lowest BCUT2D eigenvalue weighted by Gasteiger charge is -2.11. The molecule has 0 atom stereocenters. The van der Waals surface area contributed by atoms with E-state index in [0.29, 0.717) is 23.0 Å². The Morgan fingerprint density at radius 1 is 0.412 bits per heavy atom. The van der Waals surface area contributed by atoms with Crippen LogP contribution in [0.3, 0.4) is 0 Å². The van der Waals surface area contributed by atoms with E-state index in [0.717, 1.165) is 38.9 Å². The van der Waals surface area contributed by atoms with Crippen molar-refractivity contribution in [3.05, 3.63) is 175 Å². The molecule has 4 nitrogen and oxygen atoms in total. The molecular weight excluding hydrogens is 641 g/mol. The second-order valence-corrected chi connectivity index (χ2v) is 13.4. The third-order valence-electron chi connectivity index (χ3n) is 9.18. The van der Waals surface area contributed by atoms with Crippen LogP contribution in [0.2, 0.25) is 0 Å². The lowest BCUT2D eigenvalue weighted by atomic mass is 9.93. The fourth-order valence-electron chi connectivity index (χ4n) is 6.65. The predicted molar refractivity (Wildman–Crippen MR) is 210 cm³/mol. The van der Waals surface area contributed by atoms with Gasteiger partial charge in [-0.1, -0.05) is 146 Å². The first-order valence-corrected chi connectivity index (χ1v) is 17.6. The van der Waals surface area contributed by atoms with E-state index in [1.54, 1.807) is 11.3 Å². The molecule has 2 aromatic heterocycles. The van der Waals surface area contributed by atoms with E-state index in [1.807, 2.05) is 84.9 Å². The summed E-state index contributed by atoms with van der Waals surface area (Å²) in [6.45, 7) is 0. The summed E-state index contributed by atoms with van der Waals surface area (Å²) in [5.74, 6) is 1.90. The second-order valence-electron chi connectivity index (χ2n) is 12.4. The normalized spacial score (nSPS) is 11.1. The monoisotopic (exact) mass is 668 g/mol. The molecule has 238 valence electrons. The highest BCUT2D eigenvalue weighted by atomic mass is 32.1. The summed E-state index contributed by atoms with van der Waals surface area (Å²) < 4.78 is 2.42.